The minimum Gasteiger partial charge on any atom is -0.492 e. The number of ether oxygens (including phenoxy) is 1. The molecule has 1 heterocycles. The summed E-state index contributed by atoms with van der Waals surface area (Å²) in [6.45, 7) is 3.03. The summed E-state index contributed by atoms with van der Waals surface area (Å²) in [6, 6.07) is 13.0. The van der Waals surface area contributed by atoms with Gasteiger partial charge in [0.1, 0.15) is 5.75 Å². The van der Waals surface area contributed by atoms with E-state index in [-0.39, 0.29) is 5.56 Å². The Morgan fingerprint density at radius 2 is 2.04 bits per heavy atom. The molecule has 3 rings (SSSR count). The molecule has 0 saturated carbocycles. The number of aromatic nitrogens is 2. The second-order valence-corrected chi connectivity index (χ2v) is 5.80. The maximum atomic E-state index is 12.4. The summed E-state index contributed by atoms with van der Waals surface area (Å²) in [5.41, 5.74) is 1.79. The normalized spacial score (nSPS) is 10.9. The van der Waals surface area contributed by atoms with Gasteiger partial charge in [-0.2, -0.15) is 0 Å². The summed E-state index contributed by atoms with van der Waals surface area (Å²) in [7, 11) is 0. The van der Waals surface area contributed by atoms with Crippen molar-refractivity contribution in [2.75, 3.05) is 6.61 Å². The molecule has 0 N–H and O–H groups in total. The first kappa shape index (κ1) is 15.6. The summed E-state index contributed by atoms with van der Waals surface area (Å²) >= 11 is 6.09. The number of hydrogen-bond acceptors (Lipinski definition) is 3. The lowest BCUT2D eigenvalue weighted by Gasteiger charge is -2.10. The number of halogens is 1. The zero-order chi connectivity index (χ0) is 16.2. The first-order chi connectivity index (χ1) is 11.1. The molecule has 4 nitrogen and oxygen atoms in total. The van der Waals surface area contributed by atoms with E-state index in [1.54, 1.807) is 17.0 Å². The Balaban J connectivity index is 1.64. The van der Waals surface area contributed by atoms with Crippen molar-refractivity contribution in [1.29, 1.82) is 0 Å². The van der Waals surface area contributed by atoms with Crippen molar-refractivity contribution in [3.05, 3.63) is 69.7 Å². The van der Waals surface area contributed by atoms with Gasteiger partial charge >= 0.3 is 0 Å². The zero-order valence-electron chi connectivity index (χ0n) is 12.8. The number of aryl methyl sites for hydroxylation is 2. The molecule has 0 bridgehead atoms. The molecule has 118 valence electrons. The Kier molecular flexibility index (Phi) is 4.63. The van der Waals surface area contributed by atoms with Crippen molar-refractivity contribution in [2.24, 2.45) is 0 Å². The Labute approximate surface area is 139 Å². The van der Waals surface area contributed by atoms with Crippen LogP contribution in [0.1, 0.15) is 12.0 Å². The summed E-state index contributed by atoms with van der Waals surface area (Å²) in [4.78, 5) is 16.7. The van der Waals surface area contributed by atoms with E-state index in [0.29, 0.717) is 35.7 Å². The molecular formula is C18H17ClN2O2. The van der Waals surface area contributed by atoms with Crippen LogP contribution in [0, 0.1) is 6.92 Å². The molecule has 1 aromatic heterocycles. The molecule has 0 aliphatic rings. The maximum Gasteiger partial charge on any atom is 0.261 e. The quantitative estimate of drug-likeness (QED) is 0.669. The first-order valence-electron chi connectivity index (χ1n) is 7.48. The number of rotatable bonds is 5. The Morgan fingerprint density at radius 1 is 1.22 bits per heavy atom. The SMILES string of the molecule is Cc1ccc(Cl)c(OCCCn2cnc3ccccc3c2=O)c1. The number of para-hydroxylation sites is 1. The van der Waals surface area contributed by atoms with E-state index >= 15 is 0 Å². The van der Waals surface area contributed by atoms with Gasteiger partial charge in [0.2, 0.25) is 0 Å². The number of fused-ring (bicyclic) bond motifs is 1. The fourth-order valence-electron chi connectivity index (χ4n) is 2.40. The lowest BCUT2D eigenvalue weighted by atomic mass is 10.2. The second kappa shape index (κ2) is 6.84. The van der Waals surface area contributed by atoms with Crippen LogP contribution in [0.2, 0.25) is 5.02 Å². The molecule has 2 aromatic carbocycles. The van der Waals surface area contributed by atoms with Crippen molar-refractivity contribution in [2.45, 2.75) is 19.9 Å². The molecule has 0 aliphatic carbocycles. The smallest absolute Gasteiger partial charge is 0.261 e. The molecular weight excluding hydrogens is 312 g/mol. The van der Waals surface area contributed by atoms with Gasteiger partial charge in [-0.1, -0.05) is 29.8 Å². The van der Waals surface area contributed by atoms with Crippen LogP contribution < -0.4 is 10.3 Å². The summed E-state index contributed by atoms with van der Waals surface area (Å²) in [5, 5.41) is 1.23. The molecule has 0 aliphatic heterocycles. The van der Waals surface area contributed by atoms with Gasteiger partial charge in [-0.3, -0.25) is 9.36 Å². The van der Waals surface area contributed by atoms with Crippen molar-refractivity contribution < 1.29 is 4.74 Å². The molecule has 5 heteroatoms. The third-order valence-corrected chi connectivity index (χ3v) is 3.93. The Morgan fingerprint density at radius 3 is 2.91 bits per heavy atom. The molecule has 0 radical (unpaired) electrons. The van der Waals surface area contributed by atoms with Gasteiger partial charge in [-0.15, -0.1) is 0 Å². The van der Waals surface area contributed by atoms with Gasteiger partial charge < -0.3 is 4.74 Å². The number of benzene rings is 2. The van der Waals surface area contributed by atoms with Crippen LogP contribution in [0.15, 0.2) is 53.6 Å². The minimum atomic E-state index is -0.0239. The predicted octanol–water partition coefficient (Wildman–Crippen LogP) is 3.83. The maximum absolute atomic E-state index is 12.4. The topological polar surface area (TPSA) is 44.1 Å². The van der Waals surface area contributed by atoms with Gasteiger partial charge in [-0.05, 0) is 43.2 Å². The molecule has 3 aromatic rings. The van der Waals surface area contributed by atoms with Crippen LogP contribution in [0.4, 0.5) is 0 Å². The highest BCUT2D eigenvalue weighted by Gasteiger charge is 2.04. The first-order valence-corrected chi connectivity index (χ1v) is 7.86. The van der Waals surface area contributed by atoms with Crippen molar-refractivity contribution in [3.63, 3.8) is 0 Å². The van der Waals surface area contributed by atoms with Gasteiger partial charge in [-0.25, -0.2) is 4.98 Å². The van der Waals surface area contributed by atoms with Crippen molar-refractivity contribution >= 4 is 22.5 Å². The molecule has 0 saturated heterocycles. The third kappa shape index (κ3) is 3.54. The van der Waals surface area contributed by atoms with E-state index in [0.717, 1.165) is 11.1 Å². The Bertz CT molecular complexity index is 890. The molecule has 0 atom stereocenters. The highest BCUT2D eigenvalue weighted by molar-refractivity contribution is 6.32. The molecule has 0 spiro atoms. The van der Waals surface area contributed by atoms with Gasteiger partial charge in [0.25, 0.3) is 5.56 Å². The lowest BCUT2D eigenvalue weighted by Crippen LogP contribution is -2.21. The third-order valence-electron chi connectivity index (χ3n) is 3.62. The fourth-order valence-corrected chi connectivity index (χ4v) is 2.58. The van der Waals surface area contributed by atoms with Gasteiger partial charge in [0.15, 0.2) is 0 Å². The van der Waals surface area contributed by atoms with Crippen LogP contribution in [-0.2, 0) is 6.54 Å². The highest BCUT2D eigenvalue weighted by atomic mass is 35.5. The van der Waals surface area contributed by atoms with Gasteiger partial charge in [0, 0.05) is 6.54 Å². The van der Waals surface area contributed by atoms with E-state index in [4.69, 9.17) is 16.3 Å². The second-order valence-electron chi connectivity index (χ2n) is 5.40. The molecule has 0 fully saturated rings. The average Bonchev–Trinajstić information content (AvgIpc) is 2.56. The highest BCUT2D eigenvalue weighted by Crippen LogP contribution is 2.25. The van der Waals surface area contributed by atoms with E-state index in [1.165, 1.54) is 0 Å². The number of hydrogen-bond donors (Lipinski definition) is 0. The lowest BCUT2D eigenvalue weighted by molar-refractivity contribution is 0.301. The van der Waals surface area contributed by atoms with E-state index in [9.17, 15) is 4.79 Å². The van der Waals surface area contributed by atoms with Crippen LogP contribution in [0.25, 0.3) is 10.9 Å². The Hall–Kier alpha value is -2.33. The predicted molar refractivity (Wildman–Crippen MR) is 92.3 cm³/mol. The summed E-state index contributed by atoms with van der Waals surface area (Å²) < 4.78 is 7.31. The van der Waals surface area contributed by atoms with E-state index < -0.39 is 0 Å². The summed E-state index contributed by atoms with van der Waals surface area (Å²) in [6.07, 6.45) is 2.29. The van der Waals surface area contributed by atoms with E-state index in [1.807, 2.05) is 43.3 Å². The van der Waals surface area contributed by atoms with Gasteiger partial charge in [0.05, 0.1) is 28.9 Å². The van der Waals surface area contributed by atoms with Crippen LogP contribution in [-0.4, -0.2) is 16.2 Å². The summed E-state index contributed by atoms with van der Waals surface area (Å²) in [5.74, 6) is 0.677. The fraction of sp³-hybridized carbons (Fsp3) is 0.222. The van der Waals surface area contributed by atoms with Crippen LogP contribution >= 0.6 is 11.6 Å². The molecule has 0 unspecified atom stereocenters. The zero-order valence-corrected chi connectivity index (χ0v) is 13.6. The standard InChI is InChI=1S/C18H17ClN2O2/c1-13-7-8-15(19)17(11-13)23-10-4-9-21-12-20-16-6-3-2-5-14(16)18(21)22/h2-3,5-8,11-12H,4,9-10H2,1H3. The minimum absolute atomic E-state index is 0.0239. The van der Waals surface area contributed by atoms with Crippen molar-refractivity contribution in [1.82, 2.24) is 9.55 Å². The number of nitrogens with zero attached hydrogens (tertiary/aromatic N) is 2. The monoisotopic (exact) mass is 328 g/mol. The van der Waals surface area contributed by atoms with Crippen molar-refractivity contribution in [3.8, 4) is 5.75 Å². The average molecular weight is 329 g/mol. The molecule has 23 heavy (non-hydrogen) atoms. The van der Waals surface area contributed by atoms with Crippen LogP contribution in [0.3, 0.4) is 0 Å². The largest absolute Gasteiger partial charge is 0.492 e. The van der Waals surface area contributed by atoms with E-state index in [2.05, 4.69) is 4.98 Å². The van der Waals surface area contributed by atoms with Crippen LogP contribution in [0.5, 0.6) is 5.75 Å². The molecule has 0 amide bonds.